The van der Waals surface area contributed by atoms with Crippen molar-refractivity contribution in [1.29, 1.82) is 0 Å². The number of hydrogen-bond donors (Lipinski definition) is 1. The van der Waals surface area contributed by atoms with E-state index in [-0.39, 0.29) is 41.7 Å². The minimum absolute atomic E-state index is 0. The van der Waals surface area contributed by atoms with Gasteiger partial charge in [0.05, 0.1) is 12.5 Å². The highest BCUT2D eigenvalue weighted by atomic mass is 127. The maximum atomic E-state index is 13.7. The summed E-state index contributed by atoms with van der Waals surface area (Å²) in [6, 6.07) is 6.81. The Morgan fingerprint density at radius 1 is 1.31 bits per heavy atom. The van der Waals surface area contributed by atoms with Gasteiger partial charge in [0.2, 0.25) is 0 Å². The molecular formula is C19H29FIN3O2. The summed E-state index contributed by atoms with van der Waals surface area (Å²) >= 11 is 0. The van der Waals surface area contributed by atoms with Crippen molar-refractivity contribution in [2.75, 3.05) is 32.8 Å². The highest BCUT2D eigenvalue weighted by Gasteiger charge is 2.27. The molecule has 1 aromatic carbocycles. The van der Waals surface area contributed by atoms with Crippen molar-refractivity contribution in [2.24, 2.45) is 10.9 Å². The Balaban J connectivity index is 0.00000338. The summed E-state index contributed by atoms with van der Waals surface area (Å²) in [6.45, 7) is 7.14. The average molecular weight is 477 g/mol. The molecule has 0 aliphatic carbocycles. The normalized spacial score (nSPS) is 15.3. The highest BCUT2D eigenvalue weighted by molar-refractivity contribution is 14.0. The number of aliphatic imine (C=N–C) groups is 1. The fourth-order valence-electron chi connectivity index (χ4n) is 3.00. The van der Waals surface area contributed by atoms with Gasteiger partial charge in [-0.25, -0.2) is 4.39 Å². The third-order valence-electron chi connectivity index (χ3n) is 4.35. The zero-order valence-electron chi connectivity index (χ0n) is 15.5. The number of ether oxygens (including phenoxy) is 1. The maximum absolute atomic E-state index is 13.7. The number of carbonyl (C=O) groups is 1. The molecule has 1 aromatic rings. The summed E-state index contributed by atoms with van der Waals surface area (Å²) < 4.78 is 18.8. The van der Waals surface area contributed by atoms with Crippen LogP contribution in [0.5, 0.6) is 0 Å². The standard InChI is InChI=1S/C19H28FN3O2.HI/c1-3-21-19(22-12-9-15-7-5-6-8-17(15)20)23-13-10-16(11-14-23)18(24)25-4-2;/h5-8,16H,3-4,9-14H2,1-2H3,(H,21,22);1H. The summed E-state index contributed by atoms with van der Waals surface area (Å²) in [5.41, 5.74) is 0.683. The predicted molar refractivity (Wildman–Crippen MR) is 112 cm³/mol. The van der Waals surface area contributed by atoms with Crippen LogP contribution in [0.25, 0.3) is 0 Å². The molecule has 0 atom stereocenters. The Morgan fingerprint density at radius 3 is 2.62 bits per heavy atom. The van der Waals surface area contributed by atoms with E-state index >= 15 is 0 Å². The smallest absolute Gasteiger partial charge is 0.309 e. The van der Waals surface area contributed by atoms with Gasteiger partial charge in [-0.05, 0) is 44.7 Å². The van der Waals surface area contributed by atoms with Crippen LogP contribution in [0.3, 0.4) is 0 Å². The van der Waals surface area contributed by atoms with Crippen molar-refractivity contribution in [1.82, 2.24) is 10.2 Å². The molecule has 5 nitrogen and oxygen atoms in total. The first kappa shape index (κ1) is 22.7. The molecule has 146 valence electrons. The van der Waals surface area contributed by atoms with Gasteiger partial charge in [0, 0.05) is 26.2 Å². The average Bonchev–Trinajstić information content (AvgIpc) is 2.63. The number of nitrogens with zero attached hydrogens (tertiary/aromatic N) is 2. The van der Waals surface area contributed by atoms with E-state index in [0.717, 1.165) is 38.4 Å². The van der Waals surface area contributed by atoms with E-state index < -0.39 is 0 Å². The van der Waals surface area contributed by atoms with Crippen LogP contribution >= 0.6 is 24.0 Å². The second-order valence-electron chi connectivity index (χ2n) is 6.09. The molecule has 1 heterocycles. The Bertz CT molecular complexity index is 590. The van der Waals surface area contributed by atoms with E-state index in [2.05, 4.69) is 15.2 Å². The molecule has 0 bridgehead atoms. The maximum Gasteiger partial charge on any atom is 0.309 e. The van der Waals surface area contributed by atoms with Crippen molar-refractivity contribution >= 4 is 35.9 Å². The van der Waals surface area contributed by atoms with Crippen LogP contribution in [-0.4, -0.2) is 49.6 Å². The molecule has 2 rings (SSSR count). The van der Waals surface area contributed by atoms with Crippen LogP contribution in [-0.2, 0) is 16.0 Å². The predicted octanol–water partition coefficient (Wildman–Crippen LogP) is 3.23. The number of carbonyl (C=O) groups excluding carboxylic acids is 1. The lowest BCUT2D eigenvalue weighted by Gasteiger charge is -2.33. The summed E-state index contributed by atoms with van der Waals surface area (Å²) in [5.74, 6) is 0.542. The highest BCUT2D eigenvalue weighted by Crippen LogP contribution is 2.19. The molecule has 26 heavy (non-hydrogen) atoms. The van der Waals surface area contributed by atoms with Crippen LogP contribution in [0.1, 0.15) is 32.3 Å². The van der Waals surface area contributed by atoms with E-state index in [9.17, 15) is 9.18 Å². The summed E-state index contributed by atoms with van der Waals surface area (Å²) in [7, 11) is 0. The quantitative estimate of drug-likeness (QED) is 0.296. The molecule has 0 amide bonds. The van der Waals surface area contributed by atoms with Gasteiger partial charge in [0.25, 0.3) is 0 Å². The molecule has 0 spiro atoms. The molecule has 1 aliphatic heterocycles. The summed E-state index contributed by atoms with van der Waals surface area (Å²) in [4.78, 5) is 18.6. The largest absolute Gasteiger partial charge is 0.466 e. The van der Waals surface area contributed by atoms with Crippen LogP contribution in [0, 0.1) is 11.7 Å². The van der Waals surface area contributed by atoms with E-state index in [1.165, 1.54) is 6.07 Å². The lowest BCUT2D eigenvalue weighted by atomic mass is 9.97. The Labute approximate surface area is 172 Å². The Hall–Kier alpha value is -1.38. The number of likely N-dealkylation sites (tertiary alicyclic amines) is 1. The first-order chi connectivity index (χ1) is 12.2. The molecule has 1 aliphatic rings. The van der Waals surface area contributed by atoms with Gasteiger partial charge >= 0.3 is 5.97 Å². The number of guanidine groups is 1. The van der Waals surface area contributed by atoms with Crippen molar-refractivity contribution in [2.45, 2.75) is 33.1 Å². The van der Waals surface area contributed by atoms with Crippen molar-refractivity contribution in [3.63, 3.8) is 0 Å². The van der Waals surface area contributed by atoms with E-state index in [1.54, 1.807) is 12.1 Å². The second-order valence-corrected chi connectivity index (χ2v) is 6.09. The van der Waals surface area contributed by atoms with Crippen molar-refractivity contribution in [3.8, 4) is 0 Å². The fraction of sp³-hybridized carbons (Fsp3) is 0.579. The van der Waals surface area contributed by atoms with Gasteiger partial charge < -0.3 is 15.0 Å². The lowest BCUT2D eigenvalue weighted by Crippen LogP contribution is -2.46. The van der Waals surface area contributed by atoms with Crippen molar-refractivity contribution < 1.29 is 13.9 Å². The molecule has 7 heteroatoms. The molecule has 0 saturated carbocycles. The Kier molecular flexibility index (Phi) is 10.5. The van der Waals surface area contributed by atoms with Gasteiger partial charge in [-0.15, -0.1) is 24.0 Å². The fourth-order valence-corrected chi connectivity index (χ4v) is 3.00. The zero-order valence-corrected chi connectivity index (χ0v) is 17.9. The van der Waals surface area contributed by atoms with Gasteiger partial charge in [-0.1, -0.05) is 18.2 Å². The van der Waals surface area contributed by atoms with Crippen LogP contribution in [0.2, 0.25) is 0 Å². The lowest BCUT2D eigenvalue weighted by molar-refractivity contribution is -0.149. The van der Waals surface area contributed by atoms with E-state index in [0.29, 0.717) is 25.1 Å². The molecule has 1 saturated heterocycles. The van der Waals surface area contributed by atoms with Gasteiger partial charge in [-0.3, -0.25) is 9.79 Å². The van der Waals surface area contributed by atoms with Crippen LogP contribution < -0.4 is 5.32 Å². The molecule has 0 aromatic heterocycles. The van der Waals surface area contributed by atoms with E-state index in [4.69, 9.17) is 4.74 Å². The molecule has 0 unspecified atom stereocenters. The first-order valence-corrected chi connectivity index (χ1v) is 9.09. The number of rotatable bonds is 6. The van der Waals surface area contributed by atoms with Crippen LogP contribution in [0.4, 0.5) is 4.39 Å². The third-order valence-corrected chi connectivity index (χ3v) is 4.35. The van der Waals surface area contributed by atoms with Crippen LogP contribution in [0.15, 0.2) is 29.3 Å². The summed E-state index contributed by atoms with van der Waals surface area (Å²) in [6.07, 6.45) is 2.12. The number of esters is 1. The SMILES string of the molecule is CCNC(=NCCc1ccccc1F)N1CCC(C(=O)OCC)CC1.I. The van der Waals surface area contributed by atoms with Crippen molar-refractivity contribution in [3.05, 3.63) is 35.6 Å². The van der Waals surface area contributed by atoms with Gasteiger partial charge in [0.15, 0.2) is 5.96 Å². The molecule has 1 N–H and O–H groups in total. The summed E-state index contributed by atoms with van der Waals surface area (Å²) in [5, 5.41) is 3.29. The monoisotopic (exact) mass is 477 g/mol. The number of hydrogen-bond acceptors (Lipinski definition) is 3. The Morgan fingerprint density at radius 2 is 2.00 bits per heavy atom. The number of nitrogens with one attached hydrogen (secondary N) is 1. The molecule has 0 radical (unpaired) electrons. The first-order valence-electron chi connectivity index (χ1n) is 9.09. The van der Waals surface area contributed by atoms with Gasteiger partial charge in [0.1, 0.15) is 5.82 Å². The zero-order chi connectivity index (χ0) is 18.1. The number of halogens is 2. The molecule has 1 fully saturated rings. The second kappa shape index (κ2) is 12.1. The minimum atomic E-state index is -0.182. The topological polar surface area (TPSA) is 53.9 Å². The number of piperidine rings is 1. The van der Waals surface area contributed by atoms with Gasteiger partial charge in [-0.2, -0.15) is 0 Å². The third kappa shape index (κ3) is 6.74. The molecular weight excluding hydrogens is 448 g/mol. The minimum Gasteiger partial charge on any atom is -0.466 e. The number of benzene rings is 1. The van der Waals surface area contributed by atoms with E-state index in [1.807, 2.05) is 19.9 Å².